The van der Waals surface area contributed by atoms with E-state index in [0.29, 0.717) is 25.5 Å². The van der Waals surface area contributed by atoms with Crippen molar-refractivity contribution >= 4 is 35.8 Å². The molecule has 0 radical (unpaired) electrons. The van der Waals surface area contributed by atoms with Crippen LogP contribution in [0.2, 0.25) is 0 Å². The van der Waals surface area contributed by atoms with Gasteiger partial charge in [0.2, 0.25) is 5.91 Å². The number of hydrogen-bond acceptors (Lipinski definition) is 3. The van der Waals surface area contributed by atoms with Crippen molar-refractivity contribution in [3.8, 4) is 5.75 Å². The average Bonchev–Trinajstić information content (AvgIpc) is 2.68. The van der Waals surface area contributed by atoms with E-state index < -0.39 is 0 Å². The van der Waals surface area contributed by atoms with Crippen molar-refractivity contribution in [1.29, 1.82) is 0 Å². The lowest BCUT2D eigenvalue weighted by Gasteiger charge is -2.34. The van der Waals surface area contributed by atoms with Crippen molar-refractivity contribution in [2.24, 2.45) is 10.9 Å². The number of benzene rings is 1. The van der Waals surface area contributed by atoms with E-state index >= 15 is 0 Å². The molecule has 2 N–H and O–H groups in total. The molecule has 0 bridgehead atoms. The molecule has 1 heterocycles. The normalized spacial score (nSPS) is 15.0. The number of rotatable bonds is 7. The summed E-state index contributed by atoms with van der Waals surface area (Å²) in [6.07, 6.45) is 2.52. The van der Waals surface area contributed by atoms with E-state index in [1.807, 2.05) is 19.9 Å². The topological polar surface area (TPSA) is 66.0 Å². The zero-order valence-corrected chi connectivity index (χ0v) is 19.3. The minimum Gasteiger partial charge on any atom is -0.491 e. The molecule has 6 nitrogen and oxygen atoms in total. The van der Waals surface area contributed by atoms with Crippen LogP contribution in [-0.4, -0.2) is 50.1 Å². The molecule has 1 aliphatic rings. The number of carbonyl (C=O) groups is 1. The van der Waals surface area contributed by atoms with E-state index in [4.69, 9.17) is 4.74 Å². The maximum atomic E-state index is 14.0. The van der Waals surface area contributed by atoms with E-state index in [0.717, 1.165) is 44.0 Å². The maximum absolute atomic E-state index is 14.0. The molecule has 0 spiro atoms. The monoisotopic (exact) mass is 506 g/mol. The van der Waals surface area contributed by atoms with Crippen molar-refractivity contribution in [3.05, 3.63) is 29.6 Å². The fourth-order valence-corrected chi connectivity index (χ4v) is 3.22. The van der Waals surface area contributed by atoms with Gasteiger partial charge in [0.1, 0.15) is 0 Å². The molecule has 1 aromatic rings. The fourth-order valence-electron chi connectivity index (χ4n) is 3.22. The molecule has 1 aromatic carbocycles. The molecule has 0 aliphatic carbocycles. The summed E-state index contributed by atoms with van der Waals surface area (Å²) in [4.78, 5) is 18.4. The molecule has 0 atom stereocenters. The van der Waals surface area contributed by atoms with Crippen LogP contribution in [0.4, 0.5) is 4.39 Å². The van der Waals surface area contributed by atoms with Crippen molar-refractivity contribution in [2.75, 3.05) is 33.3 Å². The number of carbonyl (C=O) groups excluding carboxylic acids is 1. The molecule has 8 heteroatoms. The lowest BCUT2D eigenvalue weighted by molar-refractivity contribution is -0.121. The SMILES string of the molecule is CCNC(=NCc1ccc(OCC)c(F)c1)N1CCC(CC(=O)NC)CC1.I. The van der Waals surface area contributed by atoms with Crippen molar-refractivity contribution in [2.45, 2.75) is 39.7 Å². The number of ether oxygens (including phenoxy) is 1. The molecule has 1 saturated heterocycles. The molecule has 28 heavy (non-hydrogen) atoms. The summed E-state index contributed by atoms with van der Waals surface area (Å²) >= 11 is 0. The predicted octanol–water partition coefficient (Wildman–Crippen LogP) is 3.16. The lowest BCUT2D eigenvalue weighted by Crippen LogP contribution is -2.46. The van der Waals surface area contributed by atoms with Gasteiger partial charge in [-0.15, -0.1) is 24.0 Å². The number of nitrogens with one attached hydrogen (secondary N) is 2. The van der Waals surface area contributed by atoms with Crippen LogP contribution in [0.1, 0.15) is 38.7 Å². The van der Waals surface area contributed by atoms with E-state index in [9.17, 15) is 9.18 Å². The molecule has 158 valence electrons. The molecule has 1 aliphatic heterocycles. The largest absolute Gasteiger partial charge is 0.491 e. The second kappa shape index (κ2) is 12.8. The minimum atomic E-state index is -0.357. The second-order valence-corrected chi connectivity index (χ2v) is 6.68. The molecule has 0 saturated carbocycles. The Morgan fingerprint density at radius 2 is 2.04 bits per heavy atom. The van der Waals surface area contributed by atoms with Gasteiger partial charge >= 0.3 is 0 Å². The molecule has 0 unspecified atom stereocenters. The Hall–Kier alpha value is -1.58. The summed E-state index contributed by atoms with van der Waals surface area (Å²) in [5.41, 5.74) is 0.806. The highest BCUT2D eigenvalue weighted by Crippen LogP contribution is 2.21. The van der Waals surface area contributed by atoms with Crippen LogP contribution in [0.25, 0.3) is 0 Å². The van der Waals surface area contributed by atoms with Gasteiger partial charge in [-0.2, -0.15) is 0 Å². The van der Waals surface area contributed by atoms with E-state index in [1.54, 1.807) is 13.1 Å². The zero-order valence-electron chi connectivity index (χ0n) is 17.0. The first kappa shape index (κ1) is 24.5. The lowest BCUT2D eigenvalue weighted by atomic mass is 9.93. The van der Waals surface area contributed by atoms with Gasteiger partial charge < -0.3 is 20.3 Å². The smallest absolute Gasteiger partial charge is 0.220 e. The quantitative estimate of drug-likeness (QED) is 0.339. The molecular weight excluding hydrogens is 474 g/mol. The summed E-state index contributed by atoms with van der Waals surface area (Å²) in [7, 11) is 1.68. The van der Waals surface area contributed by atoms with Gasteiger partial charge in [0, 0.05) is 33.1 Å². The van der Waals surface area contributed by atoms with Gasteiger partial charge in [0.05, 0.1) is 13.2 Å². The summed E-state index contributed by atoms with van der Waals surface area (Å²) in [6.45, 7) is 7.21. The highest BCUT2D eigenvalue weighted by Gasteiger charge is 2.23. The third kappa shape index (κ3) is 7.44. The van der Waals surface area contributed by atoms with Crippen LogP contribution in [0.5, 0.6) is 5.75 Å². The third-order valence-electron chi connectivity index (χ3n) is 4.71. The van der Waals surface area contributed by atoms with Crippen molar-refractivity contribution in [3.63, 3.8) is 0 Å². The molecular formula is C20H32FIN4O2. The predicted molar refractivity (Wildman–Crippen MR) is 121 cm³/mol. The second-order valence-electron chi connectivity index (χ2n) is 6.68. The van der Waals surface area contributed by atoms with E-state index in [-0.39, 0.29) is 41.5 Å². The molecule has 1 amide bonds. The van der Waals surface area contributed by atoms with Gasteiger partial charge in [-0.25, -0.2) is 9.38 Å². The van der Waals surface area contributed by atoms with E-state index in [2.05, 4.69) is 20.5 Å². The Labute approximate surface area is 184 Å². The summed E-state index contributed by atoms with van der Waals surface area (Å²) in [5.74, 6) is 1.28. The van der Waals surface area contributed by atoms with Gasteiger partial charge in [-0.05, 0) is 50.3 Å². The number of likely N-dealkylation sites (tertiary alicyclic amines) is 1. The standard InChI is InChI=1S/C20H31FN4O2.HI/c1-4-23-20(25-10-8-15(9-11-25)13-19(26)22-3)24-14-16-6-7-18(27-5-2)17(21)12-16;/h6-7,12,15H,4-5,8-11,13-14H2,1-3H3,(H,22,26)(H,23,24);1H. The van der Waals surface area contributed by atoms with Crippen LogP contribution >= 0.6 is 24.0 Å². The van der Waals surface area contributed by atoms with Gasteiger partial charge in [0.15, 0.2) is 17.5 Å². The first-order valence-corrected chi connectivity index (χ1v) is 9.72. The fraction of sp³-hybridized carbons (Fsp3) is 0.600. The van der Waals surface area contributed by atoms with Gasteiger partial charge in [0.25, 0.3) is 0 Å². The summed E-state index contributed by atoms with van der Waals surface area (Å²) in [5, 5.41) is 6.01. The number of amides is 1. The first-order chi connectivity index (χ1) is 13.1. The Bertz CT molecular complexity index is 649. The first-order valence-electron chi connectivity index (χ1n) is 9.72. The minimum absolute atomic E-state index is 0. The highest BCUT2D eigenvalue weighted by molar-refractivity contribution is 14.0. The van der Waals surface area contributed by atoms with Gasteiger partial charge in [-0.1, -0.05) is 6.07 Å². The van der Waals surface area contributed by atoms with Crippen molar-refractivity contribution in [1.82, 2.24) is 15.5 Å². The maximum Gasteiger partial charge on any atom is 0.220 e. The average molecular weight is 506 g/mol. The Morgan fingerprint density at radius 3 is 2.61 bits per heavy atom. The molecule has 2 rings (SSSR count). The van der Waals surface area contributed by atoms with Crippen LogP contribution < -0.4 is 15.4 Å². The summed E-state index contributed by atoms with van der Waals surface area (Å²) < 4.78 is 19.2. The number of hydrogen-bond donors (Lipinski definition) is 2. The van der Waals surface area contributed by atoms with Crippen LogP contribution in [0.15, 0.2) is 23.2 Å². The third-order valence-corrected chi connectivity index (χ3v) is 4.71. The summed E-state index contributed by atoms with van der Waals surface area (Å²) in [6, 6.07) is 4.98. The Balaban J connectivity index is 0.00000392. The van der Waals surface area contributed by atoms with E-state index in [1.165, 1.54) is 6.07 Å². The highest BCUT2D eigenvalue weighted by atomic mass is 127. The number of aliphatic imine (C=N–C) groups is 1. The Morgan fingerprint density at radius 1 is 1.32 bits per heavy atom. The van der Waals surface area contributed by atoms with Crippen LogP contribution in [-0.2, 0) is 11.3 Å². The number of nitrogens with zero attached hydrogens (tertiary/aromatic N) is 2. The zero-order chi connectivity index (χ0) is 19.6. The van der Waals surface area contributed by atoms with Gasteiger partial charge in [-0.3, -0.25) is 4.79 Å². The number of halogens is 2. The van der Waals surface area contributed by atoms with Crippen LogP contribution in [0, 0.1) is 11.7 Å². The van der Waals surface area contributed by atoms with Crippen LogP contribution in [0.3, 0.4) is 0 Å². The Kier molecular flexibility index (Phi) is 11.2. The number of guanidine groups is 1. The van der Waals surface area contributed by atoms with Crippen molar-refractivity contribution < 1.29 is 13.9 Å². The molecule has 0 aromatic heterocycles. The molecule has 1 fully saturated rings. The number of piperidine rings is 1.